The fourth-order valence-corrected chi connectivity index (χ4v) is 4.02. The monoisotopic (exact) mass is 357 g/mol. The second-order valence-electron chi connectivity index (χ2n) is 7.90. The number of benzene rings is 1. The average Bonchev–Trinajstić information content (AvgIpc) is 3.03. The third-order valence-corrected chi connectivity index (χ3v) is 5.27. The largest absolute Gasteiger partial charge is 0.340 e. The molecule has 1 aliphatic heterocycles. The summed E-state index contributed by atoms with van der Waals surface area (Å²) in [6, 6.07) is 10.1. The van der Waals surface area contributed by atoms with Gasteiger partial charge in [0, 0.05) is 43.7 Å². The molecular formula is C20H27N3OS. The Balaban J connectivity index is 1.53. The number of hydrogen-bond acceptors (Lipinski definition) is 4. The highest BCUT2D eigenvalue weighted by atomic mass is 32.1. The molecule has 0 radical (unpaired) electrons. The molecule has 2 heterocycles. The van der Waals surface area contributed by atoms with Crippen LogP contribution in [0.25, 0.3) is 10.6 Å². The van der Waals surface area contributed by atoms with E-state index in [4.69, 9.17) is 0 Å². The lowest BCUT2D eigenvalue weighted by atomic mass is 9.96. The Labute approximate surface area is 154 Å². The van der Waals surface area contributed by atoms with Gasteiger partial charge in [-0.1, -0.05) is 51.1 Å². The van der Waals surface area contributed by atoms with Crippen molar-refractivity contribution in [3.8, 4) is 10.6 Å². The molecule has 5 heteroatoms. The van der Waals surface area contributed by atoms with Gasteiger partial charge in [0.05, 0.1) is 12.1 Å². The van der Waals surface area contributed by atoms with Crippen LogP contribution in [0.2, 0.25) is 0 Å². The van der Waals surface area contributed by atoms with E-state index >= 15 is 0 Å². The molecule has 2 aromatic rings. The Hall–Kier alpha value is -1.72. The topological polar surface area (TPSA) is 36.4 Å². The number of carbonyl (C=O) groups excluding carboxylic acids is 1. The van der Waals surface area contributed by atoms with Crippen LogP contribution in [-0.4, -0.2) is 53.4 Å². The van der Waals surface area contributed by atoms with Crippen molar-refractivity contribution < 1.29 is 4.79 Å². The molecule has 0 bridgehead atoms. The molecule has 0 atom stereocenters. The first kappa shape index (κ1) is 18.1. The number of rotatable bonds is 4. The summed E-state index contributed by atoms with van der Waals surface area (Å²) in [4.78, 5) is 21.7. The van der Waals surface area contributed by atoms with Crippen LogP contribution in [0.15, 0.2) is 35.7 Å². The zero-order valence-corrected chi connectivity index (χ0v) is 16.2. The van der Waals surface area contributed by atoms with Gasteiger partial charge in [-0.3, -0.25) is 9.69 Å². The third kappa shape index (κ3) is 5.13. The van der Waals surface area contributed by atoms with E-state index in [0.717, 1.165) is 49.0 Å². The van der Waals surface area contributed by atoms with Crippen molar-refractivity contribution in [2.45, 2.75) is 27.2 Å². The summed E-state index contributed by atoms with van der Waals surface area (Å²) < 4.78 is 0. The van der Waals surface area contributed by atoms with Gasteiger partial charge in [0.2, 0.25) is 5.91 Å². The third-order valence-electron chi connectivity index (χ3n) is 4.33. The lowest BCUT2D eigenvalue weighted by Gasteiger charge is -2.37. The van der Waals surface area contributed by atoms with Gasteiger partial charge in [0.25, 0.3) is 0 Å². The van der Waals surface area contributed by atoms with Gasteiger partial charge in [-0.25, -0.2) is 4.98 Å². The van der Waals surface area contributed by atoms with Crippen LogP contribution in [0, 0.1) is 5.41 Å². The highest BCUT2D eigenvalue weighted by Gasteiger charge is 2.24. The van der Waals surface area contributed by atoms with Crippen molar-refractivity contribution in [3.05, 3.63) is 41.4 Å². The molecule has 134 valence electrons. The van der Waals surface area contributed by atoms with Crippen molar-refractivity contribution in [2.75, 3.05) is 32.7 Å². The summed E-state index contributed by atoms with van der Waals surface area (Å²) in [5, 5.41) is 2.99. The van der Waals surface area contributed by atoms with Gasteiger partial charge in [-0.2, -0.15) is 0 Å². The molecule has 0 aliphatic carbocycles. The Morgan fingerprint density at radius 2 is 1.80 bits per heavy atom. The van der Waals surface area contributed by atoms with Crippen molar-refractivity contribution in [3.63, 3.8) is 0 Å². The Kier molecular flexibility index (Phi) is 5.54. The van der Waals surface area contributed by atoms with Crippen molar-refractivity contribution in [1.29, 1.82) is 0 Å². The lowest BCUT2D eigenvalue weighted by Crippen LogP contribution is -2.50. The van der Waals surface area contributed by atoms with E-state index < -0.39 is 0 Å². The molecule has 0 N–H and O–H groups in total. The fraction of sp³-hybridized carbons (Fsp3) is 0.500. The minimum Gasteiger partial charge on any atom is -0.340 e. The molecule has 0 unspecified atom stereocenters. The first-order valence-electron chi connectivity index (χ1n) is 8.91. The average molecular weight is 358 g/mol. The highest BCUT2D eigenvalue weighted by molar-refractivity contribution is 7.13. The van der Waals surface area contributed by atoms with Crippen LogP contribution in [-0.2, 0) is 11.2 Å². The summed E-state index contributed by atoms with van der Waals surface area (Å²) in [5.41, 5.74) is 2.30. The SMILES string of the molecule is CC(C)(C)CN1CCN(C(=O)Cc2csc(-c3ccccc3)n2)CC1. The summed E-state index contributed by atoms with van der Waals surface area (Å²) in [5.74, 6) is 0.195. The molecule has 1 aromatic heterocycles. The van der Waals surface area contributed by atoms with E-state index in [0.29, 0.717) is 11.8 Å². The van der Waals surface area contributed by atoms with Crippen LogP contribution in [0.3, 0.4) is 0 Å². The van der Waals surface area contributed by atoms with Crippen LogP contribution >= 0.6 is 11.3 Å². The quantitative estimate of drug-likeness (QED) is 0.840. The molecular weight excluding hydrogens is 330 g/mol. The lowest BCUT2D eigenvalue weighted by molar-refractivity contribution is -0.132. The second kappa shape index (κ2) is 7.67. The second-order valence-corrected chi connectivity index (χ2v) is 8.76. The number of amides is 1. The van der Waals surface area contributed by atoms with Gasteiger partial charge in [-0.15, -0.1) is 11.3 Å². The van der Waals surface area contributed by atoms with Crippen molar-refractivity contribution in [2.24, 2.45) is 5.41 Å². The first-order chi connectivity index (χ1) is 11.9. The zero-order chi connectivity index (χ0) is 17.9. The molecule has 1 aromatic carbocycles. The Morgan fingerprint density at radius 1 is 1.12 bits per heavy atom. The van der Waals surface area contributed by atoms with E-state index in [2.05, 4.69) is 42.8 Å². The minimum absolute atomic E-state index is 0.195. The maximum absolute atomic E-state index is 12.6. The van der Waals surface area contributed by atoms with Crippen LogP contribution in [0.1, 0.15) is 26.5 Å². The smallest absolute Gasteiger partial charge is 0.228 e. The maximum atomic E-state index is 12.6. The Morgan fingerprint density at radius 3 is 2.44 bits per heavy atom. The molecule has 25 heavy (non-hydrogen) atoms. The number of carbonyl (C=O) groups is 1. The number of aromatic nitrogens is 1. The Bertz CT molecular complexity index is 697. The molecule has 1 amide bonds. The van der Waals surface area contributed by atoms with Gasteiger partial charge in [0.1, 0.15) is 5.01 Å². The predicted octanol–water partition coefficient (Wildman–Crippen LogP) is 3.54. The first-order valence-corrected chi connectivity index (χ1v) is 9.79. The zero-order valence-electron chi connectivity index (χ0n) is 15.4. The fourth-order valence-electron chi connectivity index (χ4n) is 3.19. The maximum Gasteiger partial charge on any atom is 0.228 e. The number of thiazole rings is 1. The van der Waals surface area contributed by atoms with Crippen LogP contribution < -0.4 is 0 Å². The number of nitrogens with zero attached hydrogens (tertiary/aromatic N) is 3. The van der Waals surface area contributed by atoms with Crippen LogP contribution in [0.4, 0.5) is 0 Å². The van der Waals surface area contributed by atoms with Crippen molar-refractivity contribution in [1.82, 2.24) is 14.8 Å². The molecule has 3 rings (SSSR count). The molecule has 4 nitrogen and oxygen atoms in total. The molecule has 1 saturated heterocycles. The van der Waals surface area contributed by atoms with Gasteiger partial charge in [0.15, 0.2) is 0 Å². The van der Waals surface area contributed by atoms with Gasteiger partial charge < -0.3 is 4.90 Å². The molecule has 0 saturated carbocycles. The number of hydrogen-bond donors (Lipinski definition) is 0. The highest BCUT2D eigenvalue weighted by Crippen LogP contribution is 2.24. The number of piperazine rings is 1. The summed E-state index contributed by atoms with van der Waals surface area (Å²) >= 11 is 1.61. The van der Waals surface area contributed by atoms with E-state index in [-0.39, 0.29) is 5.91 Å². The molecule has 1 fully saturated rings. The minimum atomic E-state index is 0.195. The molecule has 0 spiro atoms. The summed E-state index contributed by atoms with van der Waals surface area (Å²) in [7, 11) is 0. The van der Waals surface area contributed by atoms with E-state index in [1.54, 1.807) is 11.3 Å². The normalized spacial score (nSPS) is 16.2. The van der Waals surface area contributed by atoms with E-state index in [1.807, 2.05) is 28.5 Å². The summed E-state index contributed by atoms with van der Waals surface area (Å²) in [6.07, 6.45) is 0.405. The van der Waals surface area contributed by atoms with E-state index in [9.17, 15) is 4.79 Å². The van der Waals surface area contributed by atoms with Gasteiger partial charge >= 0.3 is 0 Å². The molecule has 1 aliphatic rings. The standard InChI is InChI=1S/C20H27N3OS/c1-20(2,3)15-22-9-11-23(12-10-22)18(24)13-17-14-25-19(21-17)16-7-5-4-6-8-16/h4-8,14H,9-13,15H2,1-3H3. The van der Waals surface area contributed by atoms with Crippen molar-refractivity contribution >= 4 is 17.2 Å². The summed E-state index contributed by atoms with van der Waals surface area (Å²) in [6.45, 7) is 11.5. The van der Waals surface area contributed by atoms with E-state index in [1.165, 1.54) is 0 Å². The van der Waals surface area contributed by atoms with Gasteiger partial charge in [-0.05, 0) is 5.41 Å². The predicted molar refractivity (Wildman–Crippen MR) is 104 cm³/mol. The van der Waals surface area contributed by atoms with Crippen LogP contribution in [0.5, 0.6) is 0 Å².